The van der Waals surface area contributed by atoms with Gasteiger partial charge in [-0.15, -0.1) is 0 Å². The standard InChI is InChI=1S/C21H33N5O3S/c1-24(2)30(28,29)17-8-9-19-18(16-17)23-20(25(19)3)10-11-21(27)22-12-7-15-26-13-5-4-6-14-26/h8-9,16H,4-7,10-15H2,1-3H3,(H,22,27). The molecule has 8 nitrogen and oxygen atoms in total. The SMILES string of the molecule is CN(C)S(=O)(=O)c1ccc2c(c1)nc(CCC(=O)NCCCN1CCCCC1)n2C. The number of fused-ring (bicyclic) bond motifs is 1. The molecule has 1 aliphatic heterocycles. The fourth-order valence-electron chi connectivity index (χ4n) is 3.85. The maximum atomic E-state index is 12.3. The van der Waals surface area contributed by atoms with Crippen molar-refractivity contribution < 1.29 is 13.2 Å². The molecule has 1 saturated heterocycles. The van der Waals surface area contributed by atoms with Crippen molar-refractivity contribution in [1.82, 2.24) is 24.1 Å². The molecule has 1 aromatic heterocycles. The van der Waals surface area contributed by atoms with Crippen LogP contribution in [0.1, 0.15) is 37.9 Å². The third kappa shape index (κ3) is 5.39. The van der Waals surface area contributed by atoms with Gasteiger partial charge in [-0.05, 0) is 57.1 Å². The molecule has 0 aliphatic carbocycles. The number of likely N-dealkylation sites (tertiary alicyclic amines) is 1. The van der Waals surface area contributed by atoms with E-state index >= 15 is 0 Å². The van der Waals surface area contributed by atoms with E-state index < -0.39 is 10.0 Å². The summed E-state index contributed by atoms with van der Waals surface area (Å²) in [6.07, 6.45) is 5.76. The van der Waals surface area contributed by atoms with Crippen molar-refractivity contribution in [3.63, 3.8) is 0 Å². The van der Waals surface area contributed by atoms with Crippen LogP contribution in [0, 0.1) is 0 Å². The van der Waals surface area contributed by atoms with Gasteiger partial charge in [-0.2, -0.15) is 0 Å². The second-order valence-electron chi connectivity index (χ2n) is 8.13. The van der Waals surface area contributed by atoms with E-state index in [9.17, 15) is 13.2 Å². The molecule has 1 amide bonds. The van der Waals surface area contributed by atoms with E-state index in [1.165, 1.54) is 50.8 Å². The van der Waals surface area contributed by atoms with Crippen molar-refractivity contribution in [2.75, 3.05) is 40.3 Å². The molecule has 2 aromatic rings. The quantitative estimate of drug-likeness (QED) is 0.607. The molecule has 0 unspecified atom stereocenters. The molecule has 2 heterocycles. The van der Waals surface area contributed by atoms with Crippen LogP contribution in [0.2, 0.25) is 0 Å². The van der Waals surface area contributed by atoms with Gasteiger partial charge in [-0.25, -0.2) is 17.7 Å². The summed E-state index contributed by atoms with van der Waals surface area (Å²) in [6, 6.07) is 4.95. The highest BCUT2D eigenvalue weighted by Gasteiger charge is 2.19. The predicted molar refractivity (Wildman–Crippen MR) is 118 cm³/mol. The van der Waals surface area contributed by atoms with E-state index in [4.69, 9.17) is 0 Å². The zero-order valence-electron chi connectivity index (χ0n) is 18.2. The van der Waals surface area contributed by atoms with E-state index in [1.807, 2.05) is 11.6 Å². The lowest BCUT2D eigenvalue weighted by Crippen LogP contribution is -2.33. The molecule has 3 rings (SSSR count). The van der Waals surface area contributed by atoms with Crippen LogP contribution in [0.25, 0.3) is 11.0 Å². The van der Waals surface area contributed by atoms with Crippen molar-refractivity contribution in [2.24, 2.45) is 7.05 Å². The van der Waals surface area contributed by atoms with Crippen LogP contribution in [-0.4, -0.2) is 73.4 Å². The summed E-state index contributed by atoms with van der Waals surface area (Å²) in [5, 5.41) is 3.00. The number of hydrogen-bond acceptors (Lipinski definition) is 5. The van der Waals surface area contributed by atoms with Crippen LogP contribution in [0.3, 0.4) is 0 Å². The summed E-state index contributed by atoms with van der Waals surface area (Å²) in [5.74, 6) is 0.796. The van der Waals surface area contributed by atoms with Crippen LogP contribution in [-0.2, 0) is 28.3 Å². The number of carbonyl (C=O) groups excluding carboxylic acids is 1. The molecular formula is C21H33N5O3S. The number of sulfonamides is 1. The average molecular weight is 436 g/mol. The van der Waals surface area contributed by atoms with Gasteiger partial charge in [-0.3, -0.25) is 4.79 Å². The van der Waals surface area contributed by atoms with Crippen molar-refractivity contribution >= 4 is 27.0 Å². The lowest BCUT2D eigenvalue weighted by Gasteiger charge is -2.26. The Bertz CT molecular complexity index is 978. The monoisotopic (exact) mass is 435 g/mol. The Kier molecular flexibility index (Phi) is 7.49. The molecule has 0 saturated carbocycles. The van der Waals surface area contributed by atoms with Gasteiger partial charge in [-0.1, -0.05) is 6.42 Å². The van der Waals surface area contributed by atoms with Gasteiger partial charge in [0, 0.05) is 40.5 Å². The molecule has 0 atom stereocenters. The summed E-state index contributed by atoms with van der Waals surface area (Å²) in [5.41, 5.74) is 1.47. The number of benzene rings is 1. The van der Waals surface area contributed by atoms with E-state index in [0.717, 1.165) is 24.3 Å². The van der Waals surface area contributed by atoms with Crippen LogP contribution in [0.4, 0.5) is 0 Å². The number of rotatable bonds is 9. The molecular weight excluding hydrogens is 402 g/mol. The summed E-state index contributed by atoms with van der Waals surface area (Å²) in [4.78, 5) is 19.5. The Morgan fingerprint density at radius 3 is 2.63 bits per heavy atom. The molecule has 30 heavy (non-hydrogen) atoms. The zero-order valence-corrected chi connectivity index (χ0v) is 19.0. The van der Waals surface area contributed by atoms with Gasteiger partial charge in [0.1, 0.15) is 5.82 Å². The van der Waals surface area contributed by atoms with Gasteiger partial charge < -0.3 is 14.8 Å². The molecule has 1 aliphatic rings. The molecule has 0 spiro atoms. The molecule has 0 bridgehead atoms. The van der Waals surface area contributed by atoms with E-state index in [1.54, 1.807) is 18.2 Å². The number of aromatic nitrogens is 2. The van der Waals surface area contributed by atoms with Gasteiger partial charge in [0.05, 0.1) is 15.9 Å². The fourth-order valence-corrected chi connectivity index (χ4v) is 4.77. The van der Waals surface area contributed by atoms with E-state index in [0.29, 0.717) is 24.9 Å². The topological polar surface area (TPSA) is 87.5 Å². The van der Waals surface area contributed by atoms with Gasteiger partial charge in [0.15, 0.2) is 0 Å². The van der Waals surface area contributed by atoms with E-state index in [-0.39, 0.29) is 10.8 Å². The Labute approximate surface area is 179 Å². The van der Waals surface area contributed by atoms with Gasteiger partial charge in [0.25, 0.3) is 0 Å². The molecule has 9 heteroatoms. The first-order valence-electron chi connectivity index (χ1n) is 10.7. The maximum absolute atomic E-state index is 12.3. The lowest BCUT2D eigenvalue weighted by atomic mass is 10.1. The van der Waals surface area contributed by atoms with Crippen LogP contribution >= 0.6 is 0 Å². The number of amides is 1. The van der Waals surface area contributed by atoms with Crippen LogP contribution < -0.4 is 5.32 Å². The Morgan fingerprint density at radius 1 is 1.20 bits per heavy atom. The second kappa shape index (κ2) is 9.89. The molecule has 0 radical (unpaired) electrons. The van der Waals surface area contributed by atoms with Crippen molar-refractivity contribution in [2.45, 2.75) is 43.4 Å². The first-order chi connectivity index (χ1) is 14.3. The number of piperidine rings is 1. The summed E-state index contributed by atoms with van der Waals surface area (Å²) < 4.78 is 27.8. The normalized spacial score (nSPS) is 15.7. The highest BCUT2D eigenvalue weighted by atomic mass is 32.2. The summed E-state index contributed by atoms with van der Waals surface area (Å²) >= 11 is 0. The van der Waals surface area contributed by atoms with E-state index in [2.05, 4.69) is 15.2 Å². The second-order valence-corrected chi connectivity index (χ2v) is 10.3. The number of nitrogens with zero attached hydrogens (tertiary/aromatic N) is 4. The zero-order chi connectivity index (χ0) is 21.7. The molecule has 1 aromatic carbocycles. The number of imidazole rings is 1. The summed E-state index contributed by atoms with van der Waals surface area (Å²) in [6.45, 7) is 4.10. The first-order valence-corrected chi connectivity index (χ1v) is 12.1. The lowest BCUT2D eigenvalue weighted by molar-refractivity contribution is -0.121. The molecule has 1 N–H and O–H groups in total. The highest BCUT2D eigenvalue weighted by Crippen LogP contribution is 2.21. The van der Waals surface area contributed by atoms with Gasteiger partial charge in [0.2, 0.25) is 15.9 Å². The smallest absolute Gasteiger partial charge is 0.242 e. The van der Waals surface area contributed by atoms with Crippen molar-refractivity contribution in [3.05, 3.63) is 24.0 Å². The number of nitrogens with one attached hydrogen (secondary N) is 1. The highest BCUT2D eigenvalue weighted by molar-refractivity contribution is 7.89. The van der Waals surface area contributed by atoms with Crippen LogP contribution in [0.15, 0.2) is 23.1 Å². The number of carbonyl (C=O) groups is 1. The predicted octanol–water partition coefficient (Wildman–Crippen LogP) is 1.75. The number of aryl methyl sites for hydroxylation is 2. The fraction of sp³-hybridized carbons (Fsp3) is 0.619. The van der Waals surface area contributed by atoms with Gasteiger partial charge >= 0.3 is 0 Å². The van der Waals surface area contributed by atoms with Crippen molar-refractivity contribution in [3.8, 4) is 0 Å². The maximum Gasteiger partial charge on any atom is 0.242 e. The Balaban J connectivity index is 1.52. The third-order valence-corrected chi connectivity index (χ3v) is 7.53. The third-order valence-electron chi connectivity index (χ3n) is 5.72. The van der Waals surface area contributed by atoms with Crippen LogP contribution in [0.5, 0.6) is 0 Å². The number of hydrogen-bond donors (Lipinski definition) is 1. The Morgan fingerprint density at radius 2 is 1.93 bits per heavy atom. The minimum atomic E-state index is -3.50. The largest absolute Gasteiger partial charge is 0.356 e. The average Bonchev–Trinajstić information content (AvgIpc) is 3.05. The minimum Gasteiger partial charge on any atom is -0.356 e. The molecule has 1 fully saturated rings. The minimum absolute atomic E-state index is 0.0246. The summed E-state index contributed by atoms with van der Waals surface area (Å²) in [7, 11) is 1.40. The Hall–Kier alpha value is -1.97. The first kappa shape index (κ1) is 22.7. The van der Waals surface area contributed by atoms with Crippen molar-refractivity contribution in [1.29, 1.82) is 0 Å². The molecule has 166 valence electrons.